The molecule has 4 rings (SSSR count). The van der Waals surface area contributed by atoms with Crippen LogP contribution in [0.1, 0.15) is 64.8 Å². The summed E-state index contributed by atoms with van der Waals surface area (Å²) in [6.45, 7) is 0.754. The van der Waals surface area contributed by atoms with E-state index in [1.807, 2.05) is 42.3 Å². The summed E-state index contributed by atoms with van der Waals surface area (Å²) in [7, 11) is 1.87. The van der Waals surface area contributed by atoms with Gasteiger partial charge in [-0.1, -0.05) is 37.1 Å². The van der Waals surface area contributed by atoms with Crippen LogP contribution in [0.25, 0.3) is 0 Å². The molecule has 3 N–H and O–H groups in total. The van der Waals surface area contributed by atoms with Crippen molar-refractivity contribution in [2.75, 3.05) is 18.9 Å². The number of nitrogens with zero attached hydrogens (tertiary/aromatic N) is 1. The Kier molecular flexibility index (Phi) is 7.40. The van der Waals surface area contributed by atoms with Gasteiger partial charge in [-0.05, 0) is 62.6 Å². The SMILES string of the molecule is CN(CC(=O)Nc1ccccc1C(=O)NC1CCCC1)Cc1ccc(C(=O)NC2CC2)cc1. The molecule has 0 spiro atoms. The molecule has 7 nitrogen and oxygen atoms in total. The van der Waals surface area contributed by atoms with Gasteiger partial charge in [0.25, 0.3) is 11.8 Å². The average molecular weight is 449 g/mol. The van der Waals surface area contributed by atoms with Gasteiger partial charge in [0.1, 0.15) is 0 Å². The lowest BCUT2D eigenvalue weighted by Gasteiger charge is -2.18. The predicted molar refractivity (Wildman–Crippen MR) is 128 cm³/mol. The normalized spacial score (nSPS) is 15.9. The Morgan fingerprint density at radius 1 is 0.848 bits per heavy atom. The zero-order chi connectivity index (χ0) is 23.2. The van der Waals surface area contributed by atoms with Gasteiger partial charge in [0.15, 0.2) is 0 Å². The van der Waals surface area contributed by atoms with Crippen LogP contribution in [0.5, 0.6) is 0 Å². The van der Waals surface area contributed by atoms with Crippen LogP contribution in [0.2, 0.25) is 0 Å². The van der Waals surface area contributed by atoms with Crippen molar-refractivity contribution in [2.45, 2.75) is 57.2 Å². The number of rotatable bonds is 9. The van der Waals surface area contributed by atoms with E-state index in [1.165, 1.54) is 0 Å². The lowest BCUT2D eigenvalue weighted by atomic mass is 10.1. The summed E-state index contributed by atoms with van der Waals surface area (Å²) < 4.78 is 0. The quantitative estimate of drug-likeness (QED) is 0.549. The molecule has 7 heteroatoms. The molecular formula is C26H32N4O3. The summed E-state index contributed by atoms with van der Waals surface area (Å²) in [6.07, 6.45) is 6.44. The number of carbonyl (C=O) groups excluding carboxylic acids is 3. The largest absolute Gasteiger partial charge is 0.349 e. The minimum absolute atomic E-state index is 0.0348. The second-order valence-corrected chi connectivity index (χ2v) is 9.17. The molecule has 174 valence electrons. The molecule has 2 aliphatic carbocycles. The first-order valence-corrected chi connectivity index (χ1v) is 11.8. The molecule has 0 saturated heterocycles. The van der Waals surface area contributed by atoms with Crippen LogP contribution in [-0.2, 0) is 11.3 Å². The van der Waals surface area contributed by atoms with Gasteiger partial charge in [-0.25, -0.2) is 0 Å². The molecule has 2 aliphatic rings. The molecule has 0 heterocycles. The lowest BCUT2D eigenvalue weighted by molar-refractivity contribution is -0.117. The standard InChI is InChI=1S/C26H32N4O3/c1-30(16-18-10-12-19(13-11-18)25(32)27-21-14-15-21)17-24(31)29-23-9-5-4-8-22(23)26(33)28-20-6-2-3-7-20/h4-5,8-13,20-21H,2-3,6-7,14-17H2,1H3,(H,27,32)(H,28,33)(H,29,31). The van der Waals surface area contributed by atoms with Crippen molar-refractivity contribution in [3.8, 4) is 0 Å². The van der Waals surface area contributed by atoms with Gasteiger partial charge in [-0.2, -0.15) is 0 Å². The Morgan fingerprint density at radius 3 is 2.18 bits per heavy atom. The molecule has 2 aromatic carbocycles. The fourth-order valence-electron chi connectivity index (χ4n) is 4.18. The van der Waals surface area contributed by atoms with Crippen molar-refractivity contribution in [1.82, 2.24) is 15.5 Å². The van der Waals surface area contributed by atoms with E-state index in [0.29, 0.717) is 29.4 Å². The van der Waals surface area contributed by atoms with Crippen molar-refractivity contribution in [3.63, 3.8) is 0 Å². The third kappa shape index (κ3) is 6.65. The number of para-hydroxylation sites is 1. The first kappa shape index (κ1) is 23.0. The van der Waals surface area contributed by atoms with E-state index in [2.05, 4.69) is 16.0 Å². The van der Waals surface area contributed by atoms with Crippen LogP contribution in [0.4, 0.5) is 5.69 Å². The molecule has 33 heavy (non-hydrogen) atoms. The van der Waals surface area contributed by atoms with Crippen molar-refractivity contribution >= 4 is 23.4 Å². The topological polar surface area (TPSA) is 90.5 Å². The van der Waals surface area contributed by atoms with Gasteiger partial charge >= 0.3 is 0 Å². The summed E-state index contributed by atoms with van der Waals surface area (Å²) in [5.74, 6) is -0.358. The highest BCUT2D eigenvalue weighted by Gasteiger charge is 2.24. The monoisotopic (exact) mass is 448 g/mol. The second-order valence-electron chi connectivity index (χ2n) is 9.17. The average Bonchev–Trinajstić information content (AvgIpc) is 3.46. The number of hydrogen-bond acceptors (Lipinski definition) is 4. The molecule has 0 atom stereocenters. The van der Waals surface area contributed by atoms with Crippen LogP contribution in [-0.4, -0.2) is 48.3 Å². The van der Waals surface area contributed by atoms with Gasteiger partial charge < -0.3 is 16.0 Å². The Balaban J connectivity index is 1.28. The molecule has 0 unspecified atom stereocenters. The summed E-state index contributed by atoms with van der Waals surface area (Å²) in [5, 5.41) is 8.95. The summed E-state index contributed by atoms with van der Waals surface area (Å²) in [4.78, 5) is 39.4. The highest BCUT2D eigenvalue weighted by molar-refractivity contribution is 6.04. The van der Waals surface area contributed by atoms with E-state index in [4.69, 9.17) is 0 Å². The molecule has 0 radical (unpaired) electrons. The summed E-state index contributed by atoms with van der Waals surface area (Å²) in [6, 6.07) is 15.1. The number of nitrogens with one attached hydrogen (secondary N) is 3. The molecular weight excluding hydrogens is 416 g/mol. The second kappa shape index (κ2) is 10.6. The fraction of sp³-hybridized carbons (Fsp3) is 0.423. The van der Waals surface area contributed by atoms with Crippen LogP contribution in [0.3, 0.4) is 0 Å². The van der Waals surface area contributed by atoms with Crippen LogP contribution >= 0.6 is 0 Å². The number of benzene rings is 2. The minimum atomic E-state index is -0.181. The number of carbonyl (C=O) groups is 3. The predicted octanol–water partition coefficient (Wildman–Crippen LogP) is 3.32. The van der Waals surface area contributed by atoms with Gasteiger partial charge in [0.05, 0.1) is 17.8 Å². The van der Waals surface area contributed by atoms with E-state index in [-0.39, 0.29) is 30.3 Å². The zero-order valence-electron chi connectivity index (χ0n) is 19.1. The first-order chi connectivity index (χ1) is 16.0. The van der Waals surface area contributed by atoms with Crippen LogP contribution in [0.15, 0.2) is 48.5 Å². The molecule has 3 amide bonds. The van der Waals surface area contributed by atoms with E-state index in [1.54, 1.807) is 18.2 Å². The zero-order valence-corrected chi connectivity index (χ0v) is 19.1. The summed E-state index contributed by atoms with van der Waals surface area (Å²) in [5.41, 5.74) is 2.68. The molecule has 2 fully saturated rings. The maximum atomic E-state index is 12.7. The van der Waals surface area contributed by atoms with Gasteiger partial charge in [-0.15, -0.1) is 0 Å². The molecule has 2 saturated carbocycles. The number of hydrogen-bond donors (Lipinski definition) is 3. The summed E-state index contributed by atoms with van der Waals surface area (Å²) >= 11 is 0. The Bertz CT molecular complexity index is 995. The van der Waals surface area contributed by atoms with Gasteiger partial charge in [-0.3, -0.25) is 19.3 Å². The maximum Gasteiger partial charge on any atom is 0.253 e. The van der Waals surface area contributed by atoms with Crippen molar-refractivity contribution < 1.29 is 14.4 Å². The minimum Gasteiger partial charge on any atom is -0.349 e. The van der Waals surface area contributed by atoms with E-state index >= 15 is 0 Å². The Morgan fingerprint density at radius 2 is 1.48 bits per heavy atom. The number of likely N-dealkylation sites (N-methyl/N-ethyl adjacent to an activating group) is 1. The third-order valence-electron chi connectivity index (χ3n) is 6.13. The lowest BCUT2D eigenvalue weighted by Crippen LogP contribution is -2.34. The van der Waals surface area contributed by atoms with Gasteiger partial charge in [0.2, 0.25) is 5.91 Å². The van der Waals surface area contributed by atoms with E-state index in [9.17, 15) is 14.4 Å². The van der Waals surface area contributed by atoms with Crippen molar-refractivity contribution in [3.05, 3.63) is 65.2 Å². The molecule has 0 aliphatic heterocycles. The molecule has 2 aromatic rings. The highest BCUT2D eigenvalue weighted by Crippen LogP contribution is 2.21. The van der Waals surface area contributed by atoms with Crippen LogP contribution in [0, 0.1) is 0 Å². The van der Waals surface area contributed by atoms with Crippen molar-refractivity contribution in [1.29, 1.82) is 0 Å². The van der Waals surface area contributed by atoms with Crippen molar-refractivity contribution in [2.24, 2.45) is 0 Å². The van der Waals surface area contributed by atoms with E-state index < -0.39 is 0 Å². The van der Waals surface area contributed by atoms with E-state index in [0.717, 1.165) is 44.1 Å². The smallest absolute Gasteiger partial charge is 0.253 e. The van der Waals surface area contributed by atoms with Crippen LogP contribution < -0.4 is 16.0 Å². The highest BCUT2D eigenvalue weighted by atomic mass is 16.2. The third-order valence-corrected chi connectivity index (χ3v) is 6.13. The Labute approximate surface area is 194 Å². The first-order valence-electron chi connectivity index (χ1n) is 11.8. The number of amides is 3. The molecule has 0 aromatic heterocycles. The van der Waals surface area contributed by atoms with Gasteiger partial charge in [0, 0.05) is 24.2 Å². The number of anilines is 1. The fourth-order valence-corrected chi connectivity index (χ4v) is 4.18. The Hall–Kier alpha value is -3.19. The maximum absolute atomic E-state index is 12.7. The molecule has 0 bridgehead atoms.